The van der Waals surface area contributed by atoms with Gasteiger partial charge in [0.25, 0.3) is 0 Å². The number of hydrogen-bond acceptors (Lipinski definition) is 3. The van der Waals surface area contributed by atoms with E-state index in [1.807, 2.05) is 34.0 Å². The van der Waals surface area contributed by atoms with Gasteiger partial charge in [-0.25, -0.2) is 0 Å². The second-order valence-corrected chi connectivity index (χ2v) is 4.45. The van der Waals surface area contributed by atoms with Crippen LogP contribution in [0.15, 0.2) is 12.4 Å². The predicted molar refractivity (Wildman–Crippen MR) is 62.6 cm³/mol. The smallest absolute Gasteiger partial charge is 0.237 e. The van der Waals surface area contributed by atoms with Crippen LogP contribution in [-0.4, -0.2) is 21.7 Å². The lowest BCUT2D eigenvalue weighted by atomic mass is 10.0. The molecule has 5 heteroatoms. The van der Waals surface area contributed by atoms with E-state index in [9.17, 15) is 4.79 Å². The van der Waals surface area contributed by atoms with E-state index in [4.69, 9.17) is 5.73 Å². The molecule has 1 amide bonds. The number of amides is 1. The van der Waals surface area contributed by atoms with Gasteiger partial charge >= 0.3 is 0 Å². The first kappa shape index (κ1) is 12.7. The van der Waals surface area contributed by atoms with Gasteiger partial charge in [0.1, 0.15) is 0 Å². The number of nitrogens with one attached hydrogen (secondary N) is 1. The highest BCUT2D eigenvalue weighted by molar-refractivity contribution is 5.82. The van der Waals surface area contributed by atoms with Crippen molar-refractivity contribution in [1.82, 2.24) is 15.1 Å². The Hall–Kier alpha value is -1.36. The van der Waals surface area contributed by atoms with Crippen molar-refractivity contribution >= 4 is 5.91 Å². The molecule has 1 aromatic rings. The lowest BCUT2D eigenvalue weighted by Crippen LogP contribution is -2.44. The van der Waals surface area contributed by atoms with Crippen molar-refractivity contribution in [1.29, 1.82) is 0 Å². The van der Waals surface area contributed by atoms with Crippen LogP contribution in [-0.2, 0) is 11.8 Å². The molecule has 0 bridgehead atoms. The highest BCUT2D eigenvalue weighted by atomic mass is 16.2. The molecule has 1 rings (SSSR count). The van der Waals surface area contributed by atoms with Crippen molar-refractivity contribution in [3.63, 3.8) is 0 Å². The van der Waals surface area contributed by atoms with Gasteiger partial charge in [-0.15, -0.1) is 0 Å². The number of aromatic nitrogens is 2. The Balaban J connectivity index is 2.58. The van der Waals surface area contributed by atoms with Crippen molar-refractivity contribution < 1.29 is 4.79 Å². The average molecular weight is 224 g/mol. The van der Waals surface area contributed by atoms with Gasteiger partial charge in [0.15, 0.2) is 0 Å². The molecule has 0 aromatic carbocycles. The highest BCUT2D eigenvalue weighted by Crippen LogP contribution is 2.11. The minimum atomic E-state index is -0.459. The summed E-state index contributed by atoms with van der Waals surface area (Å²) in [5, 5.41) is 6.93. The Morgan fingerprint density at radius 3 is 2.56 bits per heavy atom. The van der Waals surface area contributed by atoms with Crippen molar-refractivity contribution in [2.75, 3.05) is 0 Å². The van der Waals surface area contributed by atoms with E-state index in [1.54, 1.807) is 10.9 Å². The van der Waals surface area contributed by atoms with E-state index in [0.717, 1.165) is 5.56 Å². The molecular weight excluding hydrogens is 204 g/mol. The van der Waals surface area contributed by atoms with E-state index in [1.165, 1.54) is 0 Å². The molecular formula is C11H20N4O. The maximum absolute atomic E-state index is 11.7. The highest BCUT2D eigenvalue weighted by Gasteiger charge is 2.19. The summed E-state index contributed by atoms with van der Waals surface area (Å²) in [6.45, 7) is 5.78. The SMILES string of the molecule is CC(NC(=O)[C@@H](N)C(C)C)c1cnn(C)c1. The number of aryl methyl sites for hydroxylation is 1. The molecule has 0 aliphatic carbocycles. The minimum Gasteiger partial charge on any atom is -0.348 e. The van der Waals surface area contributed by atoms with E-state index in [2.05, 4.69) is 10.4 Å². The van der Waals surface area contributed by atoms with E-state index in [0.29, 0.717) is 0 Å². The van der Waals surface area contributed by atoms with Crippen LogP contribution in [0.4, 0.5) is 0 Å². The third-order valence-corrected chi connectivity index (χ3v) is 2.60. The first-order valence-corrected chi connectivity index (χ1v) is 5.46. The lowest BCUT2D eigenvalue weighted by molar-refractivity contribution is -0.123. The molecule has 1 heterocycles. The van der Waals surface area contributed by atoms with Crippen LogP contribution < -0.4 is 11.1 Å². The number of nitrogens with zero attached hydrogens (tertiary/aromatic N) is 2. The molecule has 0 spiro atoms. The fourth-order valence-corrected chi connectivity index (χ4v) is 1.36. The fourth-order valence-electron chi connectivity index (χ4n) is 1.36. The maximum atomic E-state index is 11.7. The maximum Gasteiger partial charge on any atom is 0.237 e. The van der Waals surface area contributed by atoms with Crippen LogP contribution in [0.2, 0.25) is 0 Å². The Kier molecular flexibility index (Phi) is 4.06. The van der Waals surface area contributed by atoms with Crippen LogP contribution in [0.5, 0.6) is 0 Å². The van der Waals surface area contributed by atoms with Gasteiger partial charge in [0.2, 0.25) is 5.91 Å². The molecule has 3 N–H and O–H groups in total. The molecule has 2 atom stereocenters. The van der Waals surface area contributed by atoms with E-state index in [-0.39, 0.29) is 17.9 Å². The van der Waals surface area contributed by atoms with Gasteiger partial charge in [-0.2, -0.15) is 5.10 Å². The topological polar surface area (TPSA) is 72.9 Å². The van der Waals surface area contributed by atoms with Crippen LogP contribution in [0, 0.1) is 5.92 Å². The second kappa shape index (κ2) is 5.12. The van der Waals surface area contributed by atoms with Gasteiger partial charge < -0.3 is 11.1 Å². The Labute approximate surface area is 96.0 Å². The Bertz CT molecular complexity index is 359. The fraction of sp³-hybridized carbons (Fsp3) is 0.636. The largest absolute Gasteiger partial charge is 0.348 e. The van der Waals surface area contributed by atoms with Crippen LogP contribution >= 0.6 is 0 Å². The van der Waals surface area contributed by atoms with E-state index >= 15 is 0 Å². The standard InChI is InChI=1S/C11H20N4O/c1-7(2)10(12)11(16)14-8(3)9-5-13-15(4)6-9/h5-8,10H,12H2,1-4H3,(H,14,16)/t8?,10-/m0/s1. The Morgan fingerprint density at radius 2 is 2.12 bits per heavy atom. The first-order chi connectivity index (χ1) is 7.41. The molecule has 5 nitrogen and oxygen atoms in total. The zero-order chi connectivity index (χ0) is 12.3. The number of hydrogen-bond donors (Lipinski definition) is 2. The van der Waals surface area contributed by atoms with Crippen molar-refractivity contribution in [2.45, 2.75) is 32.9 Å². The quantitative estimate of drug-likeness (QED) is 0.785. The Morgan fingerprint density at radius 1 is 1.50 bits per heavy atom. The van der Waals surface area contributed by atoms with Gasteiger partial charge in [-0.3, -0.25) is 9.48 Å². The zero-order valence-corrected chi connectivity index (χ0v) is 10.3. The van der Waals surface area contributed by atoms with Crippen LogP contribution in [0.3, 0.4) is 0 Å². The molecule has 1 aromatic heterocycles. The van der Waals surface area contributed by atoms with Crippen molar-refractivity contribution in [3.8, 4) is 0 Å². The summed E-state index contributed by atoms with van der Waals surface area (Å²) in [6.07, 6.45) is 3.62. The normalized spacial score (nSPS) is 14.9. The van der Waals surface area contributed by atoms with Crippen LogP contribution in [0.1, 0.15) is 32.4 Å². The predicted octanol–water partition coefficient (Wildman–Crippen LogP) is 0.581. The minimum absolute atomic E-state index is 0.0639. The number of carbonyl (C=O) groups is 1. The third-order valence-electron chi connectivity index (χ3n) is 2.60. The number of carbonyl (C=O) groups excluding carboxylic acids is 1. The first-order valence-electron chi connectivity index (χ1n) is 5.46. The summed E-state index contributed by atoms with van der Waals surface area (Å²) in [5.41, 5.74) is 6.74. The van der Waals surface area contributed by atoms with Crippen molar-refractivity contribution in [3.05, 3.63) is 18.0 Å². The summed E-state index contributed by atoms with van der Waals surface area (Å²) in [6, 6.07) is -0.523. The zero-order valence-electron chi connectivity index (χ0n) is 10.3. The van der Waals surface area contributed by atoms with Gasteiger partial charge in [-0.05, 0) is 12.8 Å². The third kappa shape index (κ3) is 3.06. The molecule has 0 radical (unpaired) electrons. The van der Waals surface area contributed by atoms with Gasteiger partial charge in [0.05, 0.1) is 18.3 Å². The second-order valence-electron chi connectivity index (χ2n) is 4.45. The molecule has 0 aliphatic rings. The van der Waals surface area contributed by atoms with Gasteiger partial charge in [-0.1, -0.05) is 13.8 Å². The van der Waals surface area contributed by atoms with Crippen molar-refractivity contribution in [2.24, 2.45) is 18.7 Å². The number of nitrogens with two attached hydrogens (primary N) is 1. The monoisotopic (exact) mass is 224 g/mol. The van der Waals surface area contributed by atoms with Crippen LogP contribution in [0.25, 0.3) is 0 Å². The summed E-state index contributed by atoms with van der Waals surface area (Å²) in [4.78, 5) is 11.7. The summed E-state index contributed by atoms with van der Waals surface area (Å²) < 4.78 is 1.71. The molecule has 0 saturated carbocycles. The average Bonchev–Trinajstić information content (AvgIpc) is 2.63. The lowest BCUT2D eigenvalue weighted by Gasteiger charge is -2.18. The summed E-state index contributed by atoms with van der Waals surface area (Å²) in [5.74, 6) is 0.0208. The van der Waals surface area contributed by atoms with Gasteiger partial charge in [0, 0.05) is 18.8 Å². The summed E-state index contributed by atoms with van der Waals surface area (Å²) >= 11 is 0. The summed E-state index contributed by atoms with van der Waals surface area (Å²) in [7, 11) is 1.85. The molecule has 0 fully saturated rings. The molecule has 0 aliphatic heterocycles. The number of rotatable bonds is 4. The molecule has 0 saturated heterocycles. The molecule has 90 valence electrons. The van der Waals surface area contributed by atoms with E-state index < -0.39 is 6.04 Å². The molecule has 1 unspecified atom stereocenters. The molecule has 16 heavy (non-hydrogen) atoms.